The normalized spacial score (nSPS) is 18.0. The Morgan fingerprint density at radius 3 is 2.38 bits per heavy atom. The Labute approximate surface area is 151 Å². The second kappa shape index (κ2) is 7.65. The van der Waals surface area contributed by atoms with E-state index in [0.717, 1.165) is 11.3 Å². The highest BCUT2D eigenvalue weighted by Crippen LogP contribution is 2.36. The molecule has 2 aromatic rings. The molecule has 2 heterocycles. The van der Waals surface area contributed by atoms with E-state index in [-0.39, 0.29) is 25.7 Å². The first kappa shape index (κ1) is 18.1. The van der Waals surface area contributed by atoms with E-state index in [2.05, 4.69) is 10.3 Å². The minimum atomic E-state index is -1.67. The number of esters is 2. The third-order valence-corrected chi connectivity index (χ3v) is 4.09. The Hall–Kier alpha value is -2.74. The Morgan fingerprint density at radius 1 is 1.19 bits per heavy atom. The van der Waals surface area contributed by atoms with Crippen molar-refractivity contribution in [3.63, 3.8) is 0 Å². The molecule has 0 radical (unpaired) electrons. The molecule has 1 atom stereocenters. The van der Waals surface area contributed by atoms with Gasteiger partial charge in [0.15, 0.2) is 0 Å². The van der Waals surface area contributed by atoms with E-state index < -0.39 is 17.5 Å². The maximum Gasteiger partial charge on any atom is 0.350 e. The zero-order valence-electron chi connectivity index (χ0n) is 14.8. The van der Waals surface area contributed by atoms with Gasteiger partial charge in [0, 0.05) is 12.0 Å². The highest BCUT2D eigenvalue weighted by molar-refractivity contribution is 6.04. The SMILES string of the molecule is CCOC(=O)C1(C(=O)OCC)C[C@H](Cn2cc(-c3ccccc3)nn2)O1. The average Bonchev–Trinajstić information content (AvgIpc) is 3.07. The summed E-state index contributed by atoms with van der Waals surface area (Å²) in [6.45, 7) is 4.05. The number of carbonyl (C=O) groups is 2. The van der Waals surface area contributed by atoms with E-state index in [1.165, 1.54) is 0 Å². The van der Waals surface area contributed by atoms with Crippen molar-refractivity contribution >= 4 is 11.9 Å². The molecular formula is C18H21N3O5. The van der Waals surface area contributed by atoms with Gasteiger partial charge in [-0.15, -0.1) is 5.10 Å². The largest absolute Gasteiger partial charge is 0.463 e. The molecule has 0 saturated carbocycles. The van der Waals surface area contributed by atoms with Crippen LogP contribution in [0.15, 0.2) is 36.5 Å². The molecule has 8 nitrogen and oxygen atoms in total. The first-order valence-electron chi connectivity index (χ1n) is 8.57. The van der Waals surface area contributed by atoms with Gasteiger partial charge in [-0.3, -0.25) is 0 Å². The zero-order chi connectivity index (χ0) is 18.6. The van der Waals surface area contributed by atoms with E-state index in [0.29, 0.717) is 6.54 Å². The Kier molecular flexibility index (Phi) is 5.32. The van der Waals surface area contributed by atoms with Crippen LogP contribution in [0.25, 0.3) is 11.3 Å². The number of rotatable bonds is 7. The Bertz CT molecular complexity index is 748. The van der Waals surface area contributed by atoms with Crippen molar-refractivity contribution < 1.29 is 23.8 Å². The predicted molar refractivity (Wildman–Crippen MR) is 90.9 cm³/mol. The molecule has 1 aliphatic rings. The number of nitrogens with zero attached hydrogens (tertiary/aromatic N) is 3. The molecule has 0 bridgehead atoms. The molecule has 26 heavy (non-hydrogen) atoms. The highest BCUT2D eigenvalue weighted by atomic mass is 16.6. The fourth-order valence-corrected chi connectivity index (χ4v) is 2.88. The minimum Gasteiger partial charge on any atom is -0.463 e. The van der Waals surface area contributed by atoms with E-state index in [9.17, 15) is 9.59 Å². The standard InChI is InChI=1S/C18H21N3O5/c1-3-24-16(22)18(17(23)25-4-2)10-14(26-18)11-21-12-15(19-20-21)13-8-6-5-7-9-13/h5-9,12,14H,3-4,10-11H2,1-2H3/t14-/m1/s1. The van der Waals surface area contributed by atoms with Gasteiger partial charge in [-0.25, -0.2) is 14.3 Å². The van der Waals surface area contributed by atoms with E-state index in [1.54, 1.807) is 24.7 Å². The van der Waals surface area contributed by atoms with Crippen molar-refractivity contribution in [3.05, 3.63) is 36.5 Å². The van der Waals surface area contributed by atoms with E-state index >= 15 is 0 Å². The zero-order valence-corrected chi connectivity index (χ0v) is 14.8. The number of hydrogen-bond acceptors (Lipinski definition) is 7. The molecule has 0 unspecified atom stereocenters. The van der Waals surface area contributed by atoms with Gasteiger partial charge >= 0.3 is 11.9 Å². The second-order valence-corrected chi connectivity index (χ2v) is 5.90. The summed E-state index contributed by atoms with van der Waals surface area (Å²) in [5, 5.41) is 8.22. The predicted octanol–water partition coefficient (Wildman–Crippen LogP) is 1.60. The lowest BCUT2D eigenvalue weighted by molar-refractivity contribution is -0.238. The van der Waals surface area contributed by atoms with Crippen LogP contribution in [0.3, 0.4) is 0 Å². The lowest BCUT2D eigenvalue weighted by atomic mass is 9.88. The van der Waals surface area contributed by atoms with Crippen LogP contribution in [0, 0.1) is 0 Å². The van der Waals surface area contributed by atoms with Crippen molar-refractivity contribution in [2.45, 2.75) is 38.5 Å². The average molecular weight is 359 g/mol. The minimum absolute atomic E-state index is 0.164. The number of ether oxygens (including phenoxy) is 3. The fraction of sp³-hybridized carbons (Fsp3) is 0.444. The molecule has 1 fully saturated rings. The fourth-order valence-electron chi connectivity index (χ4n) is 2.88. The molecule has 1 aromatic heterocycles. The van der Waals surface area contributed by atoms with Gasteiger partial charge in [0.25, 0.3) is 5.60 Å². The van der Waals surface area contributed by atoms with Crippen LogP contribution >= 0.6 is 0 Å². The van der Waals surface area contributed by atoms with Gasteiger partial charge in [-0.2, -0.15) is 0 Å². The molecule has 0 aliphatic carbocycles. The van der Waals surface area contributed by atoms with Crippen LogP contribution < -0.4 is 0 Å². The van der Waals surface area contributed by atoms with Crippen molar-refractivity contribution in [2.75, 3.05) is 13.2 Å². The number of aromatic nitrogens is 3. The molecule has 1 aliphatic heterocycles. The second-order valence-electron chi connectivity index (χ2n) is 5.90. The summed E-state index contributed by atoms with van der Waals surface area (Å²) in [7, 11) is 0. The lowest BCUT2D eigenvalue weighted by Crippen LogP contribution is -2.63. The molecule has 0 amide bonds. The van der Waals surface area contributed by atoms with Gasteiger partial charge < -0.3 is 14.2 Å². The van der Waals surface area contributed by atoms with Gasteiger partial charge in [-0.1, -0.05) is 35.5 Å². The van der Waals surface area contributed by atoms with Crippen LogP contribution in [0.4, 0.5) is 0 Å². The third kappa shape index (κ3) is 3.45. The monoisotopic (exact) mass is 359 g/mol. The summed E-state index contributed by atoms with van der Waals surface area (Å²) in [6.07, 6.45) is 1.63. The molecule has 1 saturated heterocycles. The summed E-state index contributed by atoms with van der Waals surface area (Å²) < 4.78 is 17.2. The van der Waals surface area contributed by atoms with Crippen LogP contribution in [0.1, 0.15) is 20.3 Å². The van der Waals surface area contributed by atoms with Crippen molar-refractivity contribution in [2.24, 2.45) is 0 Å². The van der Waals surface area contributed by atoms with Gasteiger partial charge in [0.1, 0.15) is 5.69 Å². The Morgan fingerprint density at radius 2 is 1.81 bits per heavy atom. The molecule has 8 heteroatoms. The maximum atomic E-state index is 12.2. The maximum absolute atomic E-state index is 12.2. The Balaban J connectivity index is 1.65. The summed E-state index contributed by atoms with van der Waals surface area (Å²) in [4.78, 5) is 24.3. The van der Waals surface area contributed by atoms with Crippen LogP contribution in [-0.2, 0) is 30.3 Å². The molecular weight excluding hydrogens is 338 g/mol. The van der Waals surface area contributed by atoms with E-state index in [4.69, 9.17) is 14.2 Å². The number of benzene rings is 1. The smallest absolute Gasteiger partial charge is 0.350 e. The molecule has 0 N–H and O–H groups in total. The number of carbonyl (C=O) groups excluding carboxylic acids is 2. The van der Waals surface area contributed by atoms with Gasteiger partial charge in [-0.05, 0) is 13.8 Å². The van der Waals surface area contributed by atoms with Gasteiger partial charge in [0.2, 0.25) is 0 Å². The number of hydrogen-bond donors (Lipinski definition) is 0. The summed E-state index contributed by atoms with van der Waals surface area (Å²) >= 11 is 0. The first-order chi connectivity index (χ1) is 12.6. The molecule has 138 valence electrons. The summed E-state index contributed by atoms with van der Waals surface area (Å²) in [5.41, 5.74) is 0.0344. The first-order valence-corrected chi connectivity index (χ1v) is 8.57. The van der Waals surface area contributed by atoms with Crippen LogP contribution in [0.5, 0.6) is 0 Å². The topological polar surface area (TPSA) is 92.5 Å². The highest BCUT2D eigenvalue weighted by Gasteiger charge is 2.60. The van der Waals surface area contributed by atoms with Crippen molar-refractivity contribution in [3.8, 4) is 11.3 Å². The van der Waals surface area contributed by atoms with Crippen molar-refractivity contribution in [1.82, 2.24) is 15.0 Å². The quantitative estimate of drug-likeness (QED) is 0.547. The lowest BCUT2D eigenvalue weighted by Gasteiger charge is -2.42. The van der Waals surface area contributed by atoms with Crippen LogP contribution in [0.2, 0.25) is 0 Å². The molecule has 0 spiro atoms. The summed E-state index contributed by atoms with van der Waals surface area (Å²) in [5.74, 6) is -1.42. The van der Waals surface area contributed by atoms with Crippen LogP contribution in [-0.4, -0.2) is 51.9 Å². The van der Waals surface area contributed by atoms with E-state index in [1.807, 2.05) is 30.3 Å². The molecule has 1 aromatic carbocycles. The van der Waals surface area contributed by atoms with Crippen molar-refractivity contribution in [1.29, 1.82) is 0 Å². The summed E-state index contributed by atoms with van der Waals surface area (Å²) in [6, 6.07) is 9.68. The van der Waals surface area contributed by atoms with Gasteiger partial charge in [0.05, 0.1) is 32.1 Å². The molecule has 3 rings (SSSR count). The third-order valence-electron chi connectivity index (χ3n) is 4.09.